The van der Waals surface area contributed by atoms with Gasteiger partial charge < -0.3 is 10.1 Å². The lowest BCUT2D eigenvalue weighted by atomic mass is 10.0. The molecule has 0 aliphatic rings. The highest BCUT2D eigenvalue weighted by atomic mass is 35.5. The largest absolute Gasteiger partial charge is 0.493 e. The van der Waals surface area contributed by atoms with Crippen LogP contribution >= 0.6 is 11.6 Å². The van der Waals surface area contributed by atoms with Crippen molar-refractivity contribution >= 4 is 34.1 Å². The van der Waals surface area contributed by atoms with Crippen LogP contribution in [0.3, 0.4) is 0 Å². The molecule has 33 heavy (non-hydrogen) atoms. The van der Waals surface area contributed by atoms with E-state index in [1.54, 1.807) is 35.8 Å². The maximum atomic E-state index is 13.5. The molecule has 0 spiro atoms. The number of anilines is 1. The lowest BCUT2D eigenvalue weighted by Crippen LogP contribution is -2.39. The van der Waals surface area contributed by atoms with Crippen LogP contribution in [0.5, 0.6) is 5.75 Å². The zero-order valence-corrected chi connectivity index (χ0v) is 19.6. The van der Waals surface area contributed by atoms with E-state index in [0.29, 0.717) is 41.9 Å². The molecule has 1 unspecified atom stereocenters. The molecule has 176 valence electrons. The number of nitrogens with one attached hydrogen (secondary N) is 1. The summed E-state index contributed by atoms with van der Waals surface area (Å²) in [7, 11) is 0. The number of rotatable bonds is 9. The number of hydrogen-bond acceptors (Lipinski definition) is 4. The van der Waals surface area contributed by atoms with Gasteiger partial charge in [0.1, 0.15) is 11.6 Å². The van der Waals surface area contributed by atoms with Gasteiger partial charge in [-0.15, -0.1) is 0 Å². The van der Waals surface area contributed by atoms with E-state index in [1.807, 2.05) is 13.8 Å². The molecule has 0 aliphatic carbocycles. The fourth-order valence-corrected chi connectivity index (χ4v) is 3.78. The van der Waals surface area contributed by atoms with Crippen molar-refractivity contribution in [2.24, 2.45) is 5.92 Å². The smallest absolute Gasteiger partial charge is 0.331 e. The summed E-state index contributed by atoms with van der Waals surface area (Å²) in [6, 6.07) is 9.22. The van der Waals surface area contributed by atoms with Crippen molar-refractivity contribution in [2.75, 3.05) is 11.9 Å². The molecule has 0 radical (unpaired) electrons. The highest BCUT2D eigenvalue weighted by Crippen LogP contribution is 2.21. The highest BCUT2D eigenvalue weighted by Gasteiger charge is 2.14. The molecule has 9 heteroatoms. The molecule has 7 nitrogen and oxygen atoms in total. The van der Waals surface area contributed by atoms with Gasteiger partial charge in [0.05, 0.1) is 22.5 Å². The van der Waals surface area contributed by atoms with Crippen molar-refractivity contribution < 1.29 is 13.9 Å². The number of aryl methyl sites for hydroxylation is 1. The van der Waals surface area contributed by atoms with E-state index >= 15 is 0 Å². The molecule has 3 rings (SSSR count). The Morgan fingerprint density at radius 1 is 1.12 bits per heavy atom. The molecule has 1 atom stereocenters. The molecule has 0 aliphatic heterocycles. The van der Waals surface area contributed by atoms with E-state index in [2.05, 4.69) is 5.32 Å². The Balaban J connectivity index is 1.63. The predicted octanol–water partition coefficient (Wildman–Crippen LogP) is 4.43. The van der Waals surface area contributed by atoms with Crippen molar-refractivity contribution in [3.63, 3.8) is 0 Å². The van der Waals surface area contributed by atoms with Gasteiger partial charge in [-0.1, -0.05) is 18.5 Å². The van der Waals surface area contributed by atoms with E-state index in [0.717, 1.165) is 0 Å². The molecule has 1 N–H and O–H groups in total. The third kappa shape index (κ3) is 5.63. The van der Waals surface area contributed by atoms with Crippen LogP contribution in [0.25, 0.3) is 10.9 Å². The summed E-state index contributed by atoms with van der Waals surface area (Å²) in [6.07, 6.45) is 0.851. The predicted molar refractivity (Wildman–Crippen MR) is 128 cm³/mol. The van der Waals surface area contributed by atoms with Crippen LogP contribution in [-0.2, 0) is 17.9 Å². The lowest BCUT2D eigenvalue weighted by Gasteiger charge is -2.14. The van der Waals surface area contributed by atoms with Crippen LogP contribution in [0.4, 0.5) is 10.1 Å². The summed E-state index contributed by atoms with van der Waals surface area (Å²) in [4.78, 5) is 37.7. The van der Waals surface area contributed by atoms with Gasteiger partial charge in [-0.05, 0) is 56.5 Å². The molecule has 0 fully saturated rings. The van der Waals surface area contributed by atoms with Gasteiger partial charge in [-0.25, -0.2) is 9.18 Å². The van der Waals surface area contributed by atoms with E-state index in [4.69, 9.17) is 16.3 Å². The fourth-order valence-electron chi connectivity index (χ4n) is 3.66. The summed E-state index contributed by atoms with van der Waals surface area (Å²) in [5.74, 6) is -0.337. The first kappa shape index (κ1) is 24.5. The van der Waals surface area contributed by atoms with Gasteiger partial charge in [0.2, 0.25) is 5.91 Å². The minimum absolute atomic E-state index is 0.0187. The van der Waals surface area contributed by atoms with Crippen molar-refractivity contribution in [3.8, 4) is 5.75 Å². The SMILES string of the molecule is CCn1c(=O)c2cc(NC(=O)CC(C)CCOc3ccc(Cl)c(F)c3)ccc2n(CC)c1=O. The van der Waals surface area contributed by atoms with Crippen molar-refractivity contribution in [1.29, 1.82) is 0 Å². The zero-order valence-electron chi connectivity index (χ0n) is 18.9. The Morgan fingerprint density at radius 2 is 1.85 bits per heavy atom. The summed E-state index contributed by atoms with van der Waals surface area (Å²) < 4.78 is 21.7. The number of benzene rings is 2. The number of halogens is 2. The van der Waals surface area contributed by atoms with Gasteiger partial charge >= 0.3 is 5.69 Å². The van der Waals surface area contributed by atoms with Gasteiger partial charge in [-0.3, -0.25) is 18.7 Å². The number of carbonyl (C=O) groups excluding carboxylic acids is 1. The molecule has 0 saturated heterocycles. The summed E-state index contributed by atoms with van der Waals surface area (Å²) >= 11 is 5.66. The molecular weight excluding hydrogens is 449 g/mol. The van der Waals surface area contributed by atoms with Crippen LogP contribution in [0, 0.1) is 11.7 Å². The Morgan fingerprint density at radius 3 is 2.52 bits per heavy atom. The monoisotopic (exact) mass is 475 g/mol. The highest BCUT2D eigenvalue weighted by molar-refractivity contribution is 6.30. The number of hydrogen-bond donors (Lipinski definition) is 1. The first-order valence-corrected chi connectivity index (χ1v) is 11.3. The number of ether oxygens (including phenoxy) is 1. The summed E-state index contributed by atoms with van der Waals surface area (Å²) in [5, 5.41) is 3.24. The van der Waals surface area contributed by atoms with Crippen molar-refractivity contribution in [2.45, 2.75) is 46.7 Å². The normalized spacial score (nSPS) is 12.0. The maximum absolute atomic E-state index is 13.5. The van der Waals surface area contributed by atoms with Crippen LogP contribution in [0.15, 0.2) is 46.0 Å². The Hall–Kier alpha value is -3.13. The molecule has 1 amide bonds. The van der Waals surface area contributed by atoms with Crippen LogP contribution in [0.2, 0.25) is 5.02 Å². The second-order valence-corrected chi connectivity index (χ2v) is 8.29. The second-order valence-electron chi connectivity index (χ2n) is 7.88. The van der Waals surface area contributed by atoms with Crippen LogP contribution < -0.4 is 21.3 Å². The van der Waals surface area contributed by atoms with Gasteiger partial charge in [0.15, 0.2) is 0 Å². The molecule has 3 aromatic rings. The molecule has 0 saturated carbocycles. The minimum atomic E-state index is -0.543. The first-order chi connectivity index (χ1) is 15.7. The van der Waals surface area contributed by atoms with E-state index < -0.39 is 5.82 Å². The van der Waals surface area contributed by atoms with E-state index in [1.165, 1.54) is 16.7 Å². The van der Waals surface area contributed by atoms with Crippen molar-refractivity contribution in [1.82, 2.24) is 9.13 Å². The second kappa shape index (κ2) is 10.7. The molecule has 0 bridgehead atoms. The van der Waals surface area contributed by atoms with Gasteiger partial charge in [0.25, 0.3) is 5.56 Å². The van der Waals surface area contributed by atoms with Gasteiger partial charge in [-0.2, -0.15) is 0 Å². The molecular formula is C24H27ClFN3O4. The topological polar surface area (TPSA) is 82.3 Å². The van der Waals surface area contributed by atoms with Gasteiger partial charge in [0, 0.05) is 31.3 Å². The van der Waals surface area contributed by atoms with E-state index in [-0.39, 0.29) is 41.1 Å². The average molecular weight is 476 g/mol. The van der Waals surface area contributed by atoms with Crippen molar-refractivity contribution in [3.05, 3.63) is 68.1 Å². The third-order valence-electron chi connectivity index (χ3n) is 5.45. The third-order valence-corrected chi connectivity index (χ3v) is 5.75. The summed E-state index contributed by atoms with van der Waals surface area (Å²) in [6.45, 7) is 6.54. The lowest BCUT2D eigenvalue weighted by molar-refractivity contribution is -0.117. The maximum Gasteiger partial charge on any atom is 0.331 e. The fraction of sp³-hybridized carbons (Fsp3) is 0.375. The number of amides is 1. The Labute approximate surface area is 195 Å². The summed E-state index contributed by atoms with van der Waals surface area (Å²) in [5.41, 5.74) is 0.321. The van der Waals surface area contributed by atoms with Crippen LogP contribution in [-0.4, -0.2) is 21.6 Å². The average Bonchev–Trinajstić information content (AvgIpc) is 2.77. The zero-order chi connectivity index (χ0) is 24.1. The molecule has 1 heterocycles. The minimum Gasteiger partial charge on any atom is -0.493 e. The quantitative estimate of drug-likeness (QED) is 0.496. The first-order valence-electron chi connectivity index (χ1n) is 10.9. The number of carbonyl (C=O) groups is 1. The van der Waals surface area contributed by atoms with Crippen LogP contribution in [0.1, 0.15) is 33.6 Å². The number of fused-ring (bicyclic) bond motifs is 1. The Kier molecular flexibility index (Phi) is 7.92. The standard InChI is InChI=1S/C24H27ClFN3O4/c1-4-28-21-9-6-16(13-18(21)23(31)29(5-2)24(28)32)27-22(30)12-15(3)10-11-33-17-7-8-19(25)20(26)14-17/h6-9,13-15H,4-5,10-12H2,1-3H3,(H,27,30). The number of nitrogens with zero attached hydrogens (tertiary/aromatic N) is 2. The Bertz CT molecular complexity index is 1290. The molecule has 1 aromatic heterocycles. The molecule has 2 aromatic carbocycles. The van der Waals surface area contributed by atoms with E-state index in [9.17, 15) is 18.8 Å². The number of aromatic nitrogens is 2.